The van der Waals surface area contributed by atoms with Crippen molar-refractivity contribution >= 4 is 22.9 Å². The molecule has 1 atom stereocenters. The third kappa shape index (κ3) is 3.08. The van der Waals surface area contributed by atoms with Gasteiger partial charge in [-0.1, -0.05) is 29.8 Å². The van der Waals surface area contributed by atoms with Gasteiger partial charge < -0.3 is 5.32 Å². The van der Waals surface area contributed by atoms with Gasteiger partial charge in [-0.25, -0.2) is 0 Å². The van der Waals surface area contributed by atoms with Crippen LogP contribution in [0.1, 0.15) is 23.4 Å². The Labute approximate surface area is 105 Å². The van der Waals surface area contributed by atoms with Gasteiger partial charge in [0.05, 0.1) is 0 Å². The average molecular weight is 252 g/mol. The third-order valence-electron chi connectivity index (χ3n) is 2.50. The molecule has 1 aromatic carbocycles. The first-order valence-corrected chi connectivity index (χ1v) is 6.52. The minimum absolute atomic E-state index is 0.399. The van der Waals surface area contributed by atoms with Gasteiger partial charge in [-0.2, -0.15) is 0 Å². The molecule has 0 fully saturated rings. The SMILES string of the molecule is C[C@H](NCc1ccc(Cl)cc1)c1cccs1. The van der Waals surface area contributed by atoms with Gasteiger partial charge in [-0.05, 0) is 36.1 Å². The Hall–Kier alpha value is -0.830. The van der Waals surface area contributed by atoms with E-state index in [0.29, 0.717) is 6.04 Å². The highest BCUT2D eigenvalue weighted by molar-refractivity contribution is 7.10. The van der Waals surface area contributed by atoms with E-state index in [0.717, 1.165) is 11.6 Å². The molecule has 16 heavy (non-hydrogen) atoms. The molecule has 0 saturated heterocycles. The monoisotopic (exact) mass is 251 g/mol. The summed E-state index contributed by atoms with van der Waals surface area (Å²) in [6.07, 6.45) is 0. The fourth-order valence-electron chi connectivity index (χ4n) is 1.51. The molecule has 3 heteroatoms. The van der Waals surface area contributed by atoms with Crippen LogP contribution in [0.5, 0.6) is 0 Å². The van der Waals surface area contributed by atoms with Crippen LogP contribution in [0.3, 0.4) is 0 Å². The van der Waals surface area contributed by atoms with Crippen molar-refractivity contribution in [1.29, 1.82) is 0 Å². The summed E-state index contributed by atoms with van der Waals surface area (Å²) >= 11 is 7.62. The van der Waals surface area contributed by atoms with Crippen LogP contribution in [0.4, 0.5) is 0 Å². The van der Waals surface area contributed by atoms with E-state index in [2.05, 4.69) is 41.9 Å². The van der Waals surface area contributed by atoms with E-state index < -0.39 is 0 Å². The van der Waals surface area contributed by atoms with E-state index in [-0.39, 0.29) is 0 Å². The molecule has 0 radical (unpaired) electrons. The van der Waals surface area contributed by atoms with Crippen LogP contribution in [0.15, 0.2) is 41.8 Å². The molecule has 0 amide bonds. The zero-order chi connectivity index (χ0) is 11.4. The second-order valence-electron chi connectivity index (χ2n) is 3.74. The van der Waals surface area contributed by atoms with Gasteiger partial charge in [0, 0.05) is 22.5 Å². The summed E-state index contributed by atoms with van der Waals surface area (Å²) < 4.78 is 0. The molecule has 2 rings (SSSR count). The molecule has 0 saturated carbocycles. The van der Waals surface area contributed by atoms with Crippen LogP contribution in [0.25, 0.3) is 0 Å². The number of benzene rings is 1. The summed E-state index contributed by atoms with van der Waals surface area (Å²) in [7, 11) is 0. The number of hydrogen-bond acceptors (Lipinski definition) is 2. The number of rotatable bonds is 4. The van der Waals surface area contributed by atoms with Crippen LogP contribution in [0, 0.1) is 0 Å². The summed E-state index contributed by atoms with van der Waals surface area (Å²) in [6, 6.07) is 12.6. The lowest BCUT2D eigenvalue weighted by molar-refractivity contribution is 0.583. The second-order valence-corrected chi connectivity index (χ2v) is 5.16. The topological polar surface area (TPSA) is 12.0 Å². The minimum atomic E-state index is 0.399. The maximum atomic E-state index is 5.84. The molecule has 0 spiro atoms. The van der Waals surface area contributed by atoms with Crippen LogP contribution >= 0.6 is 22.9 Å². The molecule has 0 unspecified atom stereocenters. The predicted octanol–water partition coefficient (Wildman–Crippen LogP) is 4.25. The second kappa shape index (κ2) is 5.48. The zero-order valence-corrected chi connectivity index (χ0v) is 10.7. The van der Waals surface area contributed by atoms with E-state index in [1.54, 1.807) is 11.3 Å². The van der Waals surface area contributed by atoms with Crippen molar-refractivity contribution in [3.8, 4) is 0 Å². The lowest BCUT2D eigenvalue weighted by Gasteiger charge is -2.11. The Balaban J connectivity index is 1.90. The summed E-state index contributed by atoms with van der Waals surface area (Å²) in [4.78, 5) is 1.37. The van der Waals surface area contributed by atoms with Crippen molar-refractivity contribution in [2.75, 3.05) is 0 Å². The molecule has 1 heterocycles. The lowest BCUT2D eigenvalue weighted by Crippen LogP contribution is -2.16. The Kier molecular flexibility index (Phi) is 3.99. The van der Waals surface area contributed by atoms with Gasteiger partial charge in [-0.15, -0.1) is 11.3 Å². The van der Waals surface area contributed by atoms with Gasteiger partial charge in [0.2, 0.25) is 0 Å². The van der Waals surface area contributed by atoms with Gasteiger partial charge in [-0.3, -0.25) is 0 Å². The molecule has 0 aliphatic rings. The Bertz CT molecular complexity index is 422. The highest BCUT2D eigenvalue weighted by Crippen LogP contribution is 2.18. The Morgan fingerprint density at radius 1 is 1.25 bits per heavy atom. The molecule has 1 N–H and O–H groups in total. The first-order chi connectivity index (χ1) is 7.75. The third-order valence-corrected chi connectivity index (χ3v) is 3.80. The van der Waals surface area contributed by atoms with Crippen LogP contribution in [-0.2, 0) is 6.54 Å². The summed E-state index contributed by atoms with van der Waals surface area (Å²) in [5.74, 6) is 0. The predicted molar refractivity (Wildman–Crippen MR) is 71.0 cm³/mol. The van der Waals surface area contributed by atoms with Crippen LogP contribution in [-0.4, -0.2) is 0 Å². The maximum Gasteiger partial charge on any atom is 0.0406 e. The Morgan fingerprint density at radius 3 is 2.62 bits per heavy atom. The van der Waals surface area contributed by atoms with Crippen molar-refractivity contribution in [3.63, 3.8) is 0 Å². The normalized spacial score (nSPS) is 12.6. The molecule has 1 nitrogen and oxygen atoms in total. The molecule has 1 aromatic heterocycles. The average Bonchev–Trinajstić information content (AvgIpc) is 2.81. The Morgan fingerprint density at radius 2 is 2.00 bits per heavy atom. The van der Waals surface area contributed by atoms with E-state index in [1.165, 1.54) is 10.4 Å². The zero-order valence-electron chi connectivity index (χ0n) is 9.11. The van der Waals surface area contributed by atoms with E-state index >= 15 is 0 Å². The highest BCUT2D eigenvalue weighted by Gasteiger charge is 2.04. The first-order valence-electron chi connectivity index (χ1n) is 5.27. The summed E-state index contributed by atoms with van der Waals surface area (Å²) in [6.45, 7) is 3.05. The number of thiophene rings is 1. The van der Waals surface area contributed by atoms with Crippen molar-refractivity contribution in [1.82, 2.24) is 5.32 Å². The molecule has 0 aliphatic carbocycles. The molecule has 2 aromatic rings. The van der Waals surface area contributed by atoms with Crippen LogP contribution < -0.4 is 5.32 Å². The fourth-order valence-corrected chi connectivity index (χ4v) is 2.40. The standard InChI is InChI=1S/C13H14ClNS/c1-10(13-3-2-8-16-13)15-9-11-4-6-12(14)7-5-11/h2-8,10,15H,9H2,1H3/t10-/m0/s1. The summed E-state index contributed by atoms with van der Waals surface area (Å²) in [5.41, 5.74) is 1.26. The van der Waals surface area contributed by atoms with Crippen molar-refractivity contribution < 1.29 is 0 Å². The number of halogens is 1. The number of hydrogen-bond donors (Lipinski definition) is 1. The van der Waals surface area contributed by atoms with Gasteiger partial charge in [0.25, 0.3) is 0 Å². The van der Waals surface area contributed by atoms with Crippen molar-refractivity contribution in [2.24, 2.45) is 0 Å². The van der Waals surface area contributed by atoms with Crippen molar-refractivity contribution in [3.05, 3.63) is 57.2 Å². The quantitative estimate of drug-likeness (QED) is 0.857. The highest BCUT2D eigenvalue weighted by atomic mass is 35.5. The maximum absolute atomic E-state index is 5.84. The van der Waals surface area contributed by atoms with E-state index in [9.17, 15) is 0 Å². The minimum Gasteiger partial charge on any atom is -0.305 e. The molecular formula is C13H14ClNS. The largest absolute Gasteiger partial charge is 0.305 e. The van der Waals surface area contributed by atoms with E-state index in [4.69, 9.17) is 11.6 Å². The lowest BCUT2D eigenvalue weighted by atomic mass is 10.2. The summed E-state index contributed by atoms with van der Waals surface area (Å²) in [5, 5.41) is 6.38. The van der Waals surface area contributed by atoms with Crippen LogP contribution in [0.2, 0.25) is 5.02 Å². The molecule has 0 aliphatic heterocycles. The molecular weight excluding hydrogens is 238 g/mol. The van der Waals surface area contributed by atoms with Gasteiger partial charge in [0.15, 0.2) is 0 Å². The number of nitrogens with one attached hydrogen (secondary N) is 1. The first kappa shape index (κ1) is 11.6. The smallest absolute Gasteiger partial charge is 0.0406 e. The van der Waals surface area contributed by atoms with Gasteiger partial charge >= 0.3 is 0 Å². The van der Waals surface area contributed by atoms with E-state index in [1.807, 2.05) is 12.1 Å². The van der Waals surface area contributed by atoms with Gasteiger partial charge in [0.1, 0.15) is 0 Å². The molecule has 84 valence electrons. The fraction of sp³-hybridized carbons (Fsp3) is 0.231. The van der Waals surface area contributed by atoms with Crippen molar-refractivity contribution in [2.45, 2.75) is 19.5 Å². The molecule has 0 bridgehead atoms.